The Kier molecular flexibility index (Phi) is 5.02. The molecule has 0 aliphatic rings. The van der Waals surface area contributed by atoms with Gasteiger partial charge in [0.1, 0.15) is 18.8 Å². The first kappa shape index (κ1) is 15.1. The number of nitro groups is 1. The maximum absolute atomic E-state index is 10.8. The molecule has 0 aliphatic heterocycles. The van der Waals surface area contributed by atoms with E-state index >= 15 is 0 Å². The summed E-state index contributed by atoms with van der Waals surface area (Å²) in [5, 5.41) is 20.8. The van der Waals surface area contributed by atoms with Crippen LogP contribution in [0.1, 0.15) is 11.4 Å². The molecule has 7 heteroatoms. The number of rotatable bonds is 7. The van der Waals surface area contributed by atoms with Crippen LogP contribution < -0.4 is 0 Å². The molecule has 7 nitrogen and oxygen atoms in total. The van der Waals surface area contributed by atoms with Crippen molar-refractivity contribution < 1.29 is 14.8 Å². The van der Waals surface area contributed by atoms with Gasteiger partial charge in [0.2, 0.25) is 0 Å². The fourth-order valence-electron chi connectivity index (χ4n) is 1.98. The number of imidazole rings is 1. The van der Waals surface area contributed by atoms with Crippen molar-refractivity contribution in [3.05, 3.63) is 58.0 Å². The standard InChI is InChI=1S/C14H17N3O4/c1-11-15-7-14(17(19)20)16(11)8-13(18)10-21-9-12-5-3-2-4-6-12/h2-7,13,18H,8-10H2,1H3. The molecule has 0 saturated heterocycles. The lowest BCUT2D eigenvalue weighted by atomic mass is 10.2. The van der Waals surface area contributed by atoms with E-state index in [1.807, 2.05) is 30.3 Å². The van der Waals surface area contributed by atoms with Gasteiger partial charge in [-0.15, -0.1) is 0 Å². The van der Waals surface area contributed by atoms with E-state index in [4.69, 9.17) is 4.74 Å². The Balaban J connectivity index is 1.86. The molecule has 0 spiro atoms. The highest BCUT2D eigenvalue weighted by atomic mass is 16.6. The highest BCUT2D eigenvalue weighted by molar-refractivity contribution is 5.18. The third kappa shape index (κ3) is 4.11. The molecule has 2 rings (SSSR count). The van der Waals surface area contributed by atoms with Crippen LogP contribution in [-0.2, 0) is 17.9 Å². The first-order valence-electron chi connectivity index (χ1n) is 6.54. The van der Waals surface area contributed by atoms with Gasteiger partial charge in [-0.25, -0.2) is 9.55 Å². The minimum atomic E-state index is -0.833. The molecule has 0 aliphatic carbocycles. The van der Waals surface area contributed by atoms with Gasteiger partial charge in [0.05, 0.1) is 13.2 Å². The Bertz CT molecular complexity index is 598. The fraction of sp³-hybridized carbons (Fsp3) is 0.357. The SMILES string of the molecule is Cc1ncc([N+](=O)[O-])n1CC(O)COCc1ccccc1. The number of nitrogens with zero attached hydrogens (tertiary/aromatic N) is 3. The highest BCUT2D eigenvalue weighted by Crippen LogP contribution is 2.14. The van der Waals surface area contributed by atoms with Crippen LogP contribution >= 0.6 is 0 Å². The van der Waals surface area contributed by atoms with Gasteiger partial charge in [0, 0.05) is 6.92 Å². The lowest BCUT2D eigenvalue weighted by Crippen LogP contribution is -2.23. The van der Waals surface area contributed by atoms with Crippen LogP contribution in [0.2, 0.25) is 0 Å². The Morgan fingerprint density at radius 2 is 2.14 bits per heavy atom. The van der Waals surface area contributed by atoms with E-state index in [-0.39, 0.29) is 19.0 Å². The van der Waals surface area contributed by atoms with E-state index in [2.05, 4.69) is 4.98 Å². The Morgan fingerprint density at radius 1 is 1.43 bits per heavy atom. The topological polar surface area (TPSA) is 90.4 Å². The van der Waals surface area contributed by atoms with Gasteiger partial charge in [-0.05, 0) is 10.5 Å². The average molecular weight is 291 g/mol. The molecule has 0 saturated carbocycles. The summed E-state index contributed by atoms with van der Waals surface area (Å²) in [5.74, 6) is 0.360. The molecule has 0 radical (unpaired) electrons. The summed E-state index contributed by atoms with van der Waals surface area (Å²) >= 11 is 0. The van der Waals surface area contributed by atoms with Crippen LogP contribution in [0, 0.1) is 17.0 Å². The second kappa shape index (κ2) is 6.96. The van der Waals surface area contributed by atoms with E-state index in [1.54, 1.807) is 6.92 Å². The number of aryl methyl sites for hydroxylation is 1. The summed E-state index contributed by atoms with van der Waals surface area (Å²) in [4.78, 5) is 14.2. The van der Waals surface area contributed by atoms with Crippen LogP contribution in [0.5, 0.6) is 0 Å². The molecular formula is C14H17N3O4. The lowest BCUT2D eigenvalue weighted by Gasteiger charge is -2.11. The van der Waals surface area contributed by atoms with E-state index in [9.17, 15) is 15.2 Å². The smallest absolute Gasteiger partial charge is 0.342 e. The Morgan fingerprint density at radius 3 is 2.81 bits per heavy atom. The van der Waals surface area contributed by atoms with Crippen molar-refractivity contribution in [1.82, 2.24) is 9.55 Å². The predicted octanol–water partition coefficient (Wildman–Crippen LogP) is 1.68. The van der Waals surface area contributed by atoms with Crippen molar-refractivity contribution in [2.45, 2.75) is 26.2 Å². The third-order valence-electron chi connectivity index (χ3n) is 3.04. The molecule has 0 bridgehead atoms. The van der Waals surface area contributed by atoms with E-state index < -0.39 is 11.0 Å². The zero-order valence-corrected chi connectivity index (χ0v) is 11.7. The summed E-state index contributed by atoms with van der Waals surface area (Å²) < 4.78 is 6.79. The second-order valence-electron chi connectivity index (χ2n) is 4.69. The van der Waals surface area contributed by atoms with Crippen molar-refractivity contribution in [2.75, 3.05) is 6.61 Å². The molecule has 1 heterocycles. The van der Waals surface area contributed by atoms with Crippen LogP contribution in [0.25, 0.3) is 0 Å². The zero-order valence-electron chi connectivity index (χ0n) is 11.7. The molecule has 1 aromatic carbocycles. The second-order valence-corrected chi connectivity index (χ2v) is 4.69. The first-order chi connectivity index (χ1) is 10.1. The number of aliphatic hydroxyl groups excluding tert-OH is 1. The lowest BCUT2D eigenvalue weighted by molar-refractivity contribution is -0.392. The van der Waals surface area contributed by atoms with Crippen molar-refractivity contribution >= 4 is 5.82 Å². The minimum absolute atomic E-state index is 0.0803. The van der Waals surface area contributed by atoms with Crippen molar-refractivity contribution in [1.29, 1.82) is 0 Å². The number of aromatic nitrogens is 2. The molecule has 21 heavy (non-hydrogen) atoms. The molecular weight excluding hydrogens is 274 g/mol. The molecule has 1 aromatic heterocycles. The van der Waals surface area contributed by atoms with Crippen LogP contribution in [0.4, 0.5) is 5.82 Å². The van der Waals surface area contributed by atoms with Crippen LogP contribution in [0.3, 0.4) is 0 Å². The highest BCUT2D eigenvalue weighted by Gasteiger charge is 2.20. The van der Waals surface area contributed by atoms with Crippen molar-refractivity contribution in [3.63, 3.8) is 0 Å². The van der Waals surface area contributed by atoms with Gasteiger partial charge < -0.3 is 20.0 Å². The van der Waals surface area contributed by atoms with Crippen molar-refractivity contribution in [3.8, 4) is 0 Å². The number of hydrogen-bond donors (Lipinski definition) is 1. The van der Waals surface area contributed by atoms with Gasteiger partial charge in [-0.3, -0.25) is 0 Å². The van der Waals surface area contributed by atoms with E-state index in [0.29, 0.717) is 12.4 Å². The summed E-state index contributed by atoms with van der Waals surface area (Å²) in [6.45, 7) is 2.23. The summed E-state index contributed by atoms with van der Waals surface area (Å²) in [6.07, 6.45) is 0.354. The van der Waals surface area contributed by atoms with E-state index in [0.717, 1.165) is 5.56 Å². The molecule has 112 valence electrons. The van der Waals surface area contributed by atoms with Crippen molar-refractivity contribution in [2.24, 2.45) is 0 Å². The van der Waals surface area contributed by atoms with Crippen LogP contribution in [0.15, 0.2) is 36.5 Å². The number of hydrogen-bond acceptors (Lipinski definition) is 5. The quantitative estimate of drug-likeness (QED) is 0.619. The minimum Gasteiger partial charge on any atom is -0.387 e. The largest absolute Gasteiger partial charge is 0.387 e. The van der Waals surface area contributed by atoms with Gasteiger partial charge in [0.25, 0.3) is 0 Å². The van der Waals surface area contributed by atoms with Gasteiger partial charge in [-0.2, -0.15) is 0 Å². The summed E-state index contributed by atoms with van der Waals surface area (Å²) in [5.41, 5.74) is 1.01. The maximum atomic E-state index is 10.8. The maximum Gasteiger partial charge on any atom is 0.342 e. The molecule has 1 unspecified atom stereocenters. The first-order valence-corrected chi connectivity index (χ1v) is 6.54. The molecule has 0 amide bonds. The molecule has 2 aromatic rings. The summed E-state index contributed by atoms with van der Waals surface area (Å²) in [7, 11) is 0. The Hall–Kier alpha value is -2.25. The summed E-state index contributed by atoms with van der Waals surface area (Å²) in [6, 6.07) is 9.59. The molecule has 0 fully saturated rings. The van der Waals surface area contributed by atoms with Gasteiger partial charge >= 0.3 is 5.82 Å². The molecule has 1 N–H and O–H groups in total. The molecule has 1 atom stereocenters. The van der Waals surface area contributed by atoms with Gasteiger partial charge in [0.15, 0.2) is 5.82 Å². The third-order valence-corrected chi connectivity index (χ3v) is 3.04. The number of ether oxygens (including phenoxy) is 1. The predicted molar refractivity (Wildman–Crippen MR) is 75.7 cm³/mol. The number of aliphatic hydroxyl groups is 1. The van der Waals surface area contributed by atoms with E-state index in [1.165, 1.54) is 10.8 Å². The zero-order chi connectivity index (χ0) is 15.2. The average Bonchev–Trinajstić information content (AvgIpc) is 2.81. The van der Waals surface area contributed by atoms with Crippen LogP contribution in [-0.4, -0.2) is 32.3 Å². The monoisotopic (exact) mass is 291 g/mol. The Labute approximate surface area is 122 Å². The normalized spacial score (nSPS) is 12.3. The van der Waals surface area contributed by atoms with Gasteiger partial charge in [-0.1, -0.05) is 30.3 Å². The number of benzene rings is 1. The fourth-order valence-corrected chi connectivity index (χ4v) is 1.98.